The van der Waals surface area contributed by atoms with Gasteiger partial charge >= 0.3 is 7.82 Å². The quantitative estimate of drug-likeness (QED) is 0.518. The van der Waals surface area contributed by atoms with Crippen molar-refractivity contribution in [1.29, 1.82) is 0 Å². The maximum Gasteiger partial charge on any atom is 0.524 e. The molecule has 14 heavy (non-hydrogen) atoms. The SMILES string of the molecule is C=COP(=O)(O)O.Oc1ccccc1. The third kappa shape index (κ3) is 8.80. The van der Waals surface area contributed by atoms with Crippen LogP contribution in [0.25, 0.3) is 0 Å². The molecule has 0 saturated heterocycles. The van der Waals surface area contributed by atoms with E-state index in [4.69, 9.17) is 14.9 Å². The standard InChI is InChI=1S/C6H6O.C2H5O4P/c7-6-4-2-1-3-5-6;1-2-6-7(3,4)5/h1-5,7H;2H,1H2,(H2,3,4,5). The van der Waals surface area contributed by atoms with Crippen LogP contribution in [-0.2, 0) is 9.09 Å². The minimum Gasteiger partial charge on any atom is -0.508 e. The van der Waals surface area contributed by atoms with Gasteiger partial charge in [0.15, 0.2) is 0 Å². The topological polar surface area (TPSA) is 87.0 Å². The van der Waals surface area contributed by atoms with Crippen molar-refractivity contribution >= 4 is 7.82 Å². The minimum atomic E-state index is -4.28. The average molecular weight is 218 g/mol. The zero-order valence-electron chi connectivity index (χ0n) is 7.28. The second-order valence-corrected chi connectivity index (χ2v) is 3.29. The van der Waals surface area contributed by atoms with Crippen LogP contribution in [0.5, 0.6) is 5.75 Å². The summed E-state index contributed by atoms with van der Waals surface area (Å²) in [5.41, 5.74) is 0. The van der Waals surface area contributed by atoms with Gasteiger partial charge in [0.05, 0.1) is 6.26 Å². The third-order valence-electron chi connectivity index (χ3n) is 0.968. The van der Waals surface area contributed by atoms with Gasteiger partial charge in [0, 0.05) is 0 Å². The lowest BCUT2D eigenvalue weighted by atomic mass is 10.3. The molecular weight excluding hydrogens is 207 g/mol. The smallest absolute Gasteiger partial charge is 0.508 e. The van der Waals surface area contributed by atoms with E-state index in [-0.39, 0.29) is 0 Å². The van der Waals surface area contributed by atoms with E-state index in [1.54, 1.807) is 24.3 Å². The molecule has 0 saturated carbocycles. The lowest BCUT2D eigenvalue weighted by Gasteiger charge is -1.96. The van der Waals surface area contributed by atoms with Crippen LogP contribution in [0.15, 0.2) is 43.2 Å². The molecular formula is C8H11O5P. The molecule has 6 heteroatoms. The van der Waals surface area contributed by atoms with E-state index in [0.29, 0.717) is 12.0 Å². The second-order valence-electron chi connectivity index (χ2n) is 2.10. The van der Waals surface area contributed by atoms with E-state index >= 15 is 0 Å². The zero-order valence-corrected chi connectivity index (χ0v) is 8.17. The molecule has 0 atom stereocenters. The van der Waals surface area contributed by atoms with Crippen LogP contribution in [0.2, 0.25) is 0 Å². The van der Waals surface area contributed by atoms with Gasteiger partial charge in [-0.05, 0) is 12.1 Å². The number of hydrogen-bond donors (Lipinski definition) is 3. The second kappa shape index (κ2) is 6.21. The number of phenols is 1. The number of phosphoric acid groups is 1. The van der Waals surface area contributed by atoms with Crippen LogP contribution >= 0.6 is 7.82 Å². The van der Waals surface area contributed by atoms with Crippen LogP contribution in [0.4, 0.5) is 0 Å². The predicted octanol–water partition coefficient (Wildman–Crippen LogP) is 1.63. The molecule has 1 aromatic rings. The third-order valence-corrected chi connectivity index (χ3v) is 1.39. The van der Waals surface area contributed by atoms with E-state index in [1.165, 1.54) is 0 Å². The number of phenolic OH excluding ortho intramolecular Hbond substituents is 1. The van der Waals surface area contributed by atoms with Crippen molar-refractivity contribution in [2.45, 2.75) is 0 Å². The fourth-order valence-corrected chi connectivity index (χ4v) is 0.719. The zero-order chi connectivity index (χ0) is 11.0. The monoisotopic (exact) mass is 218 g/mol. The van der Waals surface area contributed by atoms with Crippen molar-refractivity contribution < 1.29 is 24.0 Å². The molecule has 0 aliphatic heterocycles. The summed E-state index contributed by atoms with van der Waals surface area (Å²) in [5, 5.41) is 8.63. The largest absolute Gasteiger partial charge is 0.524 e. The lowest BCUT2D eigenvalue weighted by Crippen LogP contribution is -1.75. The molecule has 0 aliphatic rings. The van der Waals surface area contributed by atoms with Gasteiger partial charge in [0.1, 0.15) is 5.75 Å². The molecule has 0 unspecified atom stereocenters. The van der Waals surface area contributed by atoms with Gasteiger partial charge in [-0.25, -0.2) is 4.57 Å². The summed E-state index contributed by atoms with van der Waals surface area (Å²) in [7, 11) is -4.28. The molecule has 1 aromatic carbocycles. The summed E-state index contributed by atoms with van der Waals surface area (Å²) in [4.78, 5) is 15.7. The Labute approximate surface area is 81.5 Å². The summed E-state index contributed by atoms with van der Waals surface area (Å²) in [5.74, 6) is 0.322. The van der Waals surface area contributed by atoms with Crippen LogP contribution in [0.3, 0.4) is 0 Å². The van der Waals surface area contributed by atoms with Crippen LogP contribution in [0.1, 0.15) is 0 Å². The first-order valence-electron chi connectivity index (χ1n) is 3.54. The van der Waals surface area contributed by atoms with E-state index in [1.807, 2.05) is 6.07 Å². The van der Waals surface area contributed by atoms with Crippen molar-refractivity contribution in [1.82, 2.24) is 0 Å². The molecule has 0 aromatic heterocycles. The van der Waals surface area contributed by atoms with Gasteiger partial charge in [-0.1, -0.05) is 24.8 Å². The minimum absolute atomic E-state index is 0.322. The Morgan fingerprint density at radius 3 is 1.93 bits per heavy atom. The van der Waals surface area contributed by atoms with Crippen LogP contribution in [0, 0.1) is 0 Å². The fourth-order valence-electron chi connectivity index (χ4n) is 0.525. The summed E-state index contributed by atoms with van der Waals surface area (Å²) >= 11 is 0. The summed E-state index contributed by atoms with van der Waals surface area (Å²) in [6.45, 7) is 2.93. The highest BCUT2D eigenvalue weighted by Crippen LogP contribution is 2.35. The van der Waals surface area contributed by atoms with Gasteiger partial charge in [0.2, 0.25) is 0 Å². The fraction of sp³-hybridized carbons (Fsp3) is 0. The number of aromatic hydroxyl groups is 1. The molecule has 3 N–H and O–H groups in total. The lowest BCUT2D eigenvalue weighted by molar-refractivity contribution is 0.259. The highest BCUT2D eigenvalue weighted by molar-refractivity contribution is 7.46. The molecule has 0 aliphatic carbocycles. The average Bonchev–Trinajstić information content (AvgIpc) is 2.04. The maximum atomic E-state index is 9.63. The van der Waals surface area contributed by atoms with Crippen LogP contribution in [-0.4, -0.2) is 14.9 Å². The van der Waals surface area contributed by atoms with Crippen molar-refractivity contribution in [3.63, 3.8) is 0 Å². The van der Waals surface area contributed by atoms with Crippen molar-refractivity contribution in [2.75, 3.05) is 0 Å². The molecule has 5 nitrogen and oxygen atoms in total. The number of rotatable bonds is 2. The van der Waals surface area contributed by atoms with Gasteiger partial charge in [0.25, 0.3) is 0 Å². The van der Waals surface area contributed by atoms with Gasteiger partial charge in [-0.3, -0.25) is 9.79 Å². The van der Waals surface area contributed by atoms with Crippen molar-refractivity contribution in [3.05, 3.63) is 43.2 Å². The number of para-hydroxylation sites is 1. The molecule has 0 fully saturated rings. The normalized spacial score (nSPS) is 9.57. The summed E-state index contributed by atoms with van der Waals surface area (Å²) < 4.78 is 13.3. The molecule has 0 amide bonds. The van der Waals surface area contributed by atoms with Crippen LogP contribution < -0.4 is 0 Å². The molecule has 78 valence electrons. The number of phosphoric ester groups is 1. The van der Waals surface area contributed by atoms with Gasteiger partial charge < -0.3 is 9.63 Å². The van der Waals surface area contributed by atoms with Crippen molar-refractivity contribution in [2.24, 2.45) is 0 Å². The Morgan fingerprint density at radius 1 is 1.29 bits per heavy atom. The highest BCUT2D eigenvalue weighted by atomic mass is 31.2. The first-order chi connectivity index (χ1) is 6.45. The van der Waals surface area contributed by atoms with Gasteiger partial charge in [-0.15, -0.1) is 0 Å². The number of benzene rings is 1. The molecule has 0 spiro atoms. The molecule has 1 rings (SSSR count). The Morgan fingerprint density at radius 2 is 1.79 bits per heavy atom. The Balaban J connectivity index is 0.000000241. The molecule has 0 radical (unpaired) electrons. The van der Waals surface area contributed by atoms with E-state index in [9.17, 15) is 4.57 Å². The molecule has 0 heterocycles. The van der Waals surface area contributed by atoms with Gasteiger partial charge in [-0.2, -0.15) is 0 Å². The molecule has 0 bridgehead atoms. The highest BCUT2D eigenvalue weighted by Gasteiger charge is 2.10. The number of hydrogen-bond acceptors (Lipinski definition) is 3. The first kappa shape index (κ1) is 12.7. The van der Waals surface area contributed by atoms with Crippen molar-refractivity contribution in [3.8, 4) is 5.75 Å². The van der Waals surface area contributed by atoms with E-state index in [2.05, 4.69) is 11.1 Å². The van der Waals surface area contributed by atoms with E-state index < -0.39 is 7.82 Å². The maximum absolute atomic E-state index is 9.63. The Bertz CT molecular complexity index is 305. The van der Waals surface area contributed by atoms with E-state index in [0.717, 1.165) is 0 Å². The Kier molecular flexibility index (Phi) is 5.64. The summed E-state index contributed by atoms with van der Waals surface area (Å²) in [6, 6.07) is 8.71. The predicted molar refractivity (Wildman–Crippen MR) is 51.4 cm³/mol. The summed E-state index contributed by atoms with van der Waals surface area (Å²) in [6.07, 6.45) is 0.695. The Hall–Kier alpha value is -1.29. The first-order valence-corrected chi connectivity index (χ1v) is 5.07.